The van der Waals surface area contributed by atoms with Gasteiger partial charge >= 0.3 is 0 Å². The van der Waals surface area contributed by atoms with Crippen molar-refractivity contribution in [1.29, 1.82) is 0 Å². The highest BCUT2D eigenvalue weighted by Crippen LogP contribution is 2.23. The number of nitrogens with one attached hydrogen (secondary N) is 1. The lowest BCUT2D eigenvalue weighted by molar-refractivity contribution is 0.0882. The van der Waals surface area contributed by atoms with Crippen LogP contribution in [-0.2, 0) is 9.84 Å². The highest BCUT2D eigenvalue weighted by Gasteiger charge is 2.29. The molecule has 1 amide bonds. The fourth-order valence-electron chi connectivity index (χ4n) is 2.50. The fraction of sp³-hybridized carbons (Fsp3) is 0.588. The van der Waals surface area contributed by atoms with Gasteiger partial charge in [-0.05, 0) is 38.6 Å². The monoisotopic (exact) mass is 340 g/mol. The van der Waals surface area contributed by atoms with Crippen LogP contribution in [-0.4, -0.2) is 51.7 Å². The Morgan fingerprint density at radius 2 is 1.83 bits per heavy atom. The minimum Gasteiger partial charge on any atom is -0.349 e. The molecule has 1 aromatic carbocycles. The Hall–Kier alpha value is -1.40. The van der Waals surface area contributed by atoms with Crippen LogP contribution in [0.15, 0.2) is 29.2 Å². The minimum absolute atomic E-state index is 0.0288. The topological polar surface area (TPSA) is 66.5 Å². The number of carbonyl (C=O) groups is 1. The van der Waals surface area contributed by atoms with Gasteiger partial charge in [-0.1, -0.05) is 32.9 Å². The molecule has 1 N–H and O–H groups in total. The van der Waals surface area contributed by atoms with Crippen molar-refractivity contribution in [2.45, 2.75) is 38.6 Å². The summed E-state index contributed by atoms with van der Waals surface area (Å²) in [5, 5.41) is 2.95. The van der Waals surface area contributed by atoms with Gasteiger partial charge in [-0.2, -0.15) is 0 Å². The quantitative estimate of drug-likeness (QED) is 0.826. The first-order valence-corrected chi connectivity index (χ1v) is 9.44. The Kier molecular flexibility index (Phi) is 6.36. The number of rotatable bonds is 7. The van der Waals surface area contributed by atoms with Gasteiger partial charge in [-0.3, -0.25) is 4.79 Å². The number of sulfone groups is 1. The standard InChI is InChI=1S/C17H28N2O3S/c1-7-23(21,22)15-11-9-8-10-14(15)16(20)18-13(2)17(3,4)12-19(5)6/h8-11,13H,7,12H2,1-6H3,(H,18,20)/t13-/m1/s1. The molecular formula is C17H28N2O3S. The van der Waals surface area contributed by atoms with E-state index in [1.54, 1.807) is 25.1 Å². The number of hydrogen-bond acceptors (Lipinski definition) is 4. The molecule has 1 atom stereocenters. The van der Waals surface area contributed by atoms with Crippen LogP contribution in [0.3, 0.4) is 0 Å². The molecule has 0 saturated carbocycles. The molecule has 0 heterocycles. The lowest BCUT2D eigenvalue weighted by Crippen LogP contribution is -2.47. The molecule has 23 heavy (non-hydrogen) atoms. The molecule has 0 spiro atoms. The van der Waals surface area contributed by atoms with Crippen molar-refractivity contribution in [3.8, 4) is 0 Å². The van der Waals surface area contributed by atoms with E-state index >= 15 is 0 Å². The molecule has 0 aromatic heterocycles. The van der Waals surface area contributed by atoms with Gasteiger partial charge in [0.15, 0.2) is 9.84 Å². The van der Waals surface area contributed by atoms with E-state index in [0.29, 0.717) is 0 Å². The number of amides is 1. The summed E-state index contributed by atoms with van der Waals surface area (Å²) >= 11 is 0. The molecule has 5 nitrogen and oxygen atoms in total. The van der Waals surface area contributed by atoms with E-state index in [-0.39, 0.29) is 33.6 Å². The molecule has 130 valence electrons. The Morgan fingerprint density at radius 3 is 2.35 bits per heavy atom. The van der Waals surface area contributed by atoms with Crippen LogP contribution in [0.4, 0.5) is 0 Å². The first-order chi connectivity index (χ1) is 10.5. The summed E-state index contributed by atoms with van der Waals surface area (Å²) in [6.07, 6.45) is 0. The Morgan fingerprint density at radius 1 is 1.26 bits per heavy atom. The van der Waals surface area contributed by atoms with Crippen molar-refractivity contribution in [1.82, 2.24) is 10.2 Å². The average molecular weight is 340 g/mol. The van der Waals surface area contributed by atoms with Gasteiger partial charge in [0.25, 0.3) is 5.91 Å². The molecule has 1 rings (SSSR count). The maximum atomic E-state index is 12.6. The molecule has 0 saturated heterocycles. The van der Waals surface area contributed by atoms with Crippen molar-refractivity contribution >= 4 is 15.7 Å². The average Bonchev–Trinajstić information content (AvgIpc) is 2.45. The molecule has 0 aliphatic carbocycles. The molecule has 0 radical (unpaired) electrons. The zero-order chi connectivity index (χ0) is 17.8. The second-order valence-electron chi connectivity index (χ2n) is 6.82. The predicted octanol–water partition coefficient (Wildman–Crippen LogP) is 2.19. The van der Waals surface area contributed by atoms with E-state index < -0.39 is 9.84 Å². The maximum absolute atomic E-state index is 12.6. The fourth-order valence-corrected chi connectivity index (χ4v) is 3.60. The van der Waals surface area contributed by atoms with Crippen LogP contribution >= 0.6 is 0 Å². The first kappa shape index (κ1) is 19.6. The Labute approximate surface area is 140 Å². The number of hydrogen-bond donors (Lipinski definition) is 1. The van der Waals surface area contributed by atoms with Gasteiger partial charge in [0.1, 0.15) is 0 Å². The lowest BCUT2D eigenvalue weighted by Gasteiger charge is -2.35. The summed E-state index contributed by atoms with van der Waals surface area (Å²) in [7, 11) is 0.538. The van der Waals surface area contributed by atoms with Crippen molar-refractivity contribution in [2.24, 2.45) is 5.41 Å². The van der Waals surface area contributed by atoms with E-state index in [4.69, 9.17) is 0 Å². The van der Waals surface area contributed by atoms with Crippen LogP contribution in [0.25, 0.3) is 0 Å². The van der Waals surface area contributed by atoms with E-state index in [2.05, 4.69) is 24.1 Å². The van der Waals surface area contributed by atoms with Gasteiger partial charge in [0.05, 0.1) is 16.2 Å². The van der Waals surface area contributed by atoms with Gasteiger partial charge in [-0.15, -0.1) is 0 Å². The third-order valence-electron chi connectivity index (χ3n) is 4.09. The molecular weight excluding hydrogens is 312 g/mol. The molecule has 1 aromatic rings. The first-order valence-electron chi connectivity index (χ1n) is 7.78. The highest BCUT2D eigenvalue weighted by molar-refractivity contribution is 7.91. The van der Waals surface area contributed by atoms with Crippen molar-refractivity contribution in [2.75, 3.05) is 26.4 Å². The summed E-state index contributed by atoms with van der Waals surface area (Å²) in [5.74, 6) is -0.379. The van der Waals surface area contributed by atoms with E-state index in [1.165, 1.54) is 6.07 Å². The third-order valence-corrected chi connectivity index (χ3v) is 5.88. The van der Waals surface area contributed by atoms with Crippen LogP contribution in [0, 0.1) is 5.41 Å². The van der Waals surface area contributed by atoms with Crippen molar-refractivity contribution < 1.29 is 13.2 Å². The second-order valence-corrected chi connectivity index (χ2v) is 9.07. The number of carbonyl (C=O) groups excluding carboxylic acids is 1. The van der Waals surface area contributed by atoms with Gasteiger partial charge in [0, 0.05) is 12.6 Å². The van der Waals surface area contributed by atoms with Crippen molar-refractivity contribution in [3.63, 3.8) is 0 Å². The van der Waals surface area contributed by atoms with Crippen LogP contribution in [0.1, 0.15) is 38.1 Å². The molecule has 0 aliphatic heterocycles. The van der Waals surface area contributed by atoms with Crippen molar-refractivity contribution in [3.05, 3.63) is 29.8 Å². The molecule has 0 bridgehead atoms. The largest absolute Gasteiger partial charge is 0.349 e. The van der Waals surface area contributed by atoms with Crippen LogP contribution < -0.4 is 5.32 Å². The summed E-state index contributed by atoms with van der Waals surface area (Å²) in [6.45, 7) is 8.48. The summed E-state index contributed by atoms with van der Waals surface area (Å²) in [4.78, 5) is 14.7. The smallest absolute Gasteiger partial charge is 0.252 e. The minimum atomic E-state index is -3.43. The number of nitrogens with zero attached hydrogens (tertiary/aromatic N) is 1. The van der Waals surface area contributed by atoms with Gasteiger partial charge in [0.2, 0.25) is 0 Å². The Bertz CT molecular complexity index is 652. The lowest BCUT2D eigenvalue weighted by atomic mass is 9.84. The molecule has 0 fully saturated rings. The zero-order valence-electron chi connectivity index (χ0n) is 14.9. The second kappa shape index (κ2) is 7.45. The van der Waals surface area contributed by atoms with Gasteiger partial charge in [-0.25, -0.2) is 8.42 Å². The summed E-state index contributed by atoms with van der Waals surface area (Å²) in [5.41, 5.74) is 0.0689. The predicted molar refractivity (Wildman–Crippen MR) is 93.4 cm³/mol. The maximum Gasteiger partial charge on any atom is 0.252 e. The molecule has 6 heteroatoms. The van der Waals surface area contributed by atoms with Crippen LogP contribution in [0.5, 0.6) is 0 Å². The van der Waals surface area contributed by atoms with E-state index in [1.807, 2.05) is 21.0 Å². The SMILES string of the molecule is CCS(=O)(=O)c1ccccc1C(=O)N[C@H](C)C(C)(C)CN(C)C. The number of benzene rings is 1. The molecule has 0 aliphatic rings. The highest BCUT2D eigenvalue weighted by atomic mass is 32.2. The van der Waals surface area contributed by atoms with Gasteiger partial charge < -0.3 is 10.2 Å². The summed E-state index contributed by atoms with van der Waals surface area (Å²) in [6, 6.07) is 6.26. The van der Waals surface area contributed by atoms with Crippen LogP contribution in [0.2, 0.25) is 0 Å². The van der Waals surface area contributed by atoms with E-state index in [0.717, 1.165) is 6.54 Å². The third kappa shape index (κ3) is 5.04. The summed E-state index contributed by atoms with van der Waals surface area (Å²) < 4.78 is 24.3. The zero-order valence-corrected chi connectivity index (χ0v) is 15.7. The molecule has 0 unspecified atom stereocenters. The normalized spacial score (nSPS) is 13.9. The van der Waals surface area contributed by atoms with E-state index in [9.17, 15) is 13.2 Å². The Balaban J connectivity index is 3.04.